The quantitative estimate of drug-likeness (QED) is 0.709. The van der Waals surface area contributed by atoms with Gasteiger partial charge in [0.2, 0.25) is 0 Å². The summed E-state index contributed by atoms with van der Waals surface area (Å²) < 4.78 is 0. The summed E-state index contributed by atoms with van der Waals surface area (Å²) in [6, 6.07) is 0.720. The molecular weight excluding hydrogens is 172 g/mol. The monoisotopic (exact) mass is 196 g/mol. The lowest BCUT2D eigenvalue weighted by molar-refractivity contribution is 0.565. The molecular formula is C12H24N2. The van der Waals surface area contributed by atoms with Crippen LogP contribution in [0.15, 0.2) is 11.3 Å². The van der Waals surface area contributed by atoms with Gasteiger partial charge >= 0.3 is 0 Å². The molecule has 3 N–H and O–H groups in total. The molecule has 2 heteroatoms. The minimum Gasteiger partial charge on any atom is -0.386 e. The number of allylic oxidation sites excluding steroid dienone is 1. The van der Waals surface area contributed by atoms with Gasteiger partial charge < -0.3 is 11.1 Å². The highest BCUT2D eigenvalue weighted by atomic mass is 14.9. The molecule has 0 aromatic heterocycles. The molecule has 0 atom stereocenters. The van der Waals surface area contributed by atoms with Crippen molar-refractivity contribution in [3.63, 3.8) is 0 Å². The van der Waals surface area contributed by atoms with Crippen molar-refractivity contribution in [3.05, 3.63) is 11.3 Å². The average Bonchev–Trinajstić information content (AvgIpc) is 2.70. The summed E-state index contributed by atoms with van der Waals surface area (Å²) in [6.45, 7) is 5.11. The molecule has 0 aromatic carbocycles. The van der Waals surface area contributed by atoms with Gasteiger partial charge in [0, 0.05) is 18.3 Å². The van der Waals surface area contributed by atoms with Crippen LogP contribution in [0.4, 0.5) is 0 Å². The molecule has 2 nitrogen and oxygen atoms in total. The summed E-state index contributed by atoms with van der Waals surface area (Å²) in [5.41, 5.74) is 8.54. The fourth-order valence-corrected chi connectivity index (χ4v) is 2.25. The van der Waals surface area contributed by atoms with Crippen molar-refractivity contribution in [3.8, 4) is 0 Å². The third-order valence-electron chi connectivity index (χ3n) is 3.19. The average molecular weight is 196 g/mol. The van der Waals surface area contributed by atoms with Crippen LogP contribution in [0.5, 0.6) is 0 Å². The van der Waals surface area contributed by atoms with Crippen molar-refractivity contribution in [2.45, 2.75) is 58.4 Å². The Hall–Kier alpha value is -0.500. The van der Waals surface area contributed by atoms with Crippen molar-refractivity contribution < 1.29 is 0 Å². The summed E-state index contributed by atoms with van der Waals surface area (Å²) >= 11 is 0. The van der Waals surface area contributed by atoms with Crippen LogP contribution >= 0.6 is 0 Å². The highest BCUT2D eigenvalue weighted by Crippen LogP contribution is 2.20. The lowest BCUT2D eigenvalue weighted by Gasteiger charge is -2.19. The smallest absolute Gasteiger partial charge is 0.0258 e. The van der Waals surface area contributed by atoms with E-state index in [1.807, 2.05) is 0 Å². The van der Waals surface area contributed by atoms with Crippen LogP contribution in [-0.2, 0) is 0 Å². The topological polar surface area (TPSA) is 38.0 Å². The molecule has 0 saturated heterocycles. The first-order valence-electron chi connectivity index (χ1n) is 5.99. The van der Waals surface area contributed by atoms with Crippen molar-refractivity contribution in [2.75, 3.05) is 6.54 Å². The minimum atomic E-state index is 0.708. The van der Waals surface area contributed by atoms with E-state index in [1.165, 1.54) is 37.0 Å². The van der Waals surface area contributed by atoms with Crippen LogP contribution in [0.25, 0.3) is 0 Å². The Morgan fingerprint density at radius 2 is 1.86 bits per heavy atom. The van der Waals surface area contributed by atoms with Gasteiger partial charge in [-0.05, 0) is 31.3 Å². The maximum Gasteiger partial charge on any atom is 0.0258 e. The summed E-state index contributed by atoms with van der Waals surface area (Å²) in [5, 5.41) is 3.67. The summed E-state index contributed by atoms with van der Waals surface area (Å²) in [7, 11) is 0. The zero-order valence-corrected chi connectivity index (χ0v) is 9.60. The minimum absolute atomic E-state index is 0.708. The zero-order valence-electron chi connectivity index (χ0n) is 9.60. The maximum absolute atomic E-state index is 5.74. The summed E-state index contributed by atoms with van der Waals surface area (Å²) in [5.74, 6) is 0. The zero-order chi connectivity index (χ0) is 10.4. The van der Waals surface area contributed by atoms with E-state index in [-0.39, 0.29) is 0 Å². The van der Waals surface area contributed by atoms with E-state index in [4.69, 9.17) is 5.73 Å². The van der Waals surface area contributed by atoms with Crippen molar-refractivity contribution >= 4 is 0 Å². The Kier molecular flexibility index (Phi) is 5.02. The summed E-state index contributed by atoms with van der Waals surface area (Å²) in [4.78, 5) is 0. The molecule has 1 saturated carbocycles. The summed E-state index contributed by atoms with van der Waals surface area (Å²) in [6.07, 6.45) is 7.63. The predicted molar refractivity (Wildman–Crippen MR) is 62.1 cm³/mol. The van der Waals surface area contributed by atoms with Gasteiger partial charge in [-0.15, -0.1) is 0 Å². The van der Waals surface area contributed by atoms with E-state index in [9.17, 15) is 0 Å². The van der Waals surface area contributed by atoms with Gasteiger partial charge in [0.05, 0.1) is 0 Å². The highest BCUT2D eigenvalue weighted by Gasteiger charge is 2.15. The first-order valence-corrected chi connectivity index (χ1v) is 5.99. The molecule has 0 radical (unpaired) electrons. The van der Waals surface area contributed by atoms with E-state index in [0.717, 1.165) is 18.9 Å². The Morgan fingerprint density at radius 1 is 1.21 bits per heavy atom. The van der Waals surface area contributed by atoms with E-state index in [2.05, 4.69) is 19.2 Å². The molecule has 0 unspecified atom stereocenters. The fraction of sp³-hybridized carbons (Fsp3) is 0.833. The Balaban J connectivity index is 2.55. The standard InChI is InChI=1S/C12H24N2/c1-3-10(9-13)12(4-2)14-11-7-5-6-8-11/h11,14H,3-9,13H2,1-2H3/b12-10-. The molecule has 14 heavy (non-hydrogen) atoms. The molecule has 0 amide bonds. The predicted octanol–water partition coefficient (Wildman–Crippen LogP) is 2.55. The molecule has 1 fully saturated rings. The third-order valence-corrected chi connectivity index (χ3v) is 3.19. The Bertz CT molecular complexity index is 184. The van der Waals surface area contributed by atoms with E-state index < -0.39 is 0 Å². The van der Waals surface area contributed by atoms with Gasteiger partial charge in [-0.1, -0.05) is 26.7 Å². The van der Waals surface area contributed by atoms with Gasteiger partial charge in [0.15, 0.2) is 0 Å². The molecule has 1 aliphatic rings. The van der Waals surface area contributed by atoms with E-state index in [1.54, 1.807) is 0 Å². The molecule has 0 aliphatic heterocycles. The van der Waals surface area contributed by atoms with E-state index in [0.29, 0.717) is 6.54 Å². The number of rotatable bonds is 5. The van der Waals surface area contributed by atoms with Crippen LogP contribution < -0.4 is 11.1 Å². The van der Waals surface area contributed by atoms with Gasteiger partial charge in [-0.3, -0.25) is 0 Å². The van der Waals surface area contributed by atoms with Crippen LogP contribution in [0.2, 0.25) is 0 Å². The second kappa shape index (κ2) is 6.07. The third kappa shape index (κ3) is 3.02. The first-order chi connectivity index (χ1) is 6.81. The number of nitrogens with two attached hydrogens (primary N) is 1. The Labute approximate surface area is 87.9 Å². The van der Waals surface area contributed by atoms with Crippen molar-refractivity contribution in [1.82, 2.24) is 5.32 Å². The molecule has 0 bridgehead atoms. The lowest BCUT2D eigenvalue weighted by Crippen LogP contribution is -2.27. The molecule has 0 heterocycles. The largest absolute Gasteiger partial charge is 0.386 e. The van der Waals surface area contributed by atoms with Crippen LogP contribution in [-0.4, -0.2) is 12.6 Å². The van der Waals surface area contributed by atoms with Crippen molar-refractivity contribution in [1.29, 1.82) is 0 Å². The molecule has 1 aliphatic carbocycles. The van der Waals surface area contributed by atoms with Gasteiger partial charge in [-0.25, -0.2) is 0 Å². The molecule has 1 rings (SSSR count). The second-order valence-corrected chi connectivity index (χ2v) is 4.12. The maximum atomic E-state index is 5.74. The highest BCUT2D eigenvalue weighted by molar-refractivity contribution is 5.14. The first kappa shape index (κ1) is 11.6. The van der Waals surface area contributed by atoms with Gasteiger partial charge in [0.25, 0.3) is 0 Å². The second-order valence-electron chi connectivity index (χ2n) is 4.12. The van der Waals surface area contributed by atoms with Gasteiger partial charge in [0.1, 0.15) is 0 Å². The van der Waals surface area contributed by atoms with Crippen LogP contribution in [0.1, 0.15) is 52.4 Å². The number of hydrogen-bond donors (Lipinski definition) is 2. The van der Waals surface area contributed by atoms with Crippen LogP contribution in [0.3, 0.4) is 0 Å². The van der Waals surface area contributed by atoms with Crippen molar-refractivity contribution in [2.24, 2.45) is 5.73 Å². The fourth-order valence-electron chi connectivity index (χ4n) is 2.25. The molecule has 0 spiro atoms. The van der Waals surface area contributed by atoms with Crippen LogP contribution in [0, 0.1) is 0 Å². The molecule has 82 valence electrons. The lowest BCUT2D eigenvalue weighted by atomic mass is 10.1. The SMILES string of the molecule is CC/C(CN)=C(\CC)NC1CCCC1. The Morgan fingerprint density at radius 3 is 2.29 bits per heavy atom. The number of hydrogen-bond acceptors (Lipinski definition) is 2. The van der Waals surface area contributed by atoms with Gasteiger partial charge in [-0.2, -0.15) is 0 Å². The van der Waals surface area contributed by atoms with E-state index >= 15 is 0 Å². The normalized spacial score (nSPS) is 19.6. The molecule has 0 aromatic rings. The number of nitrogens with one attached hydrogen (secondary N) is 1.